The molecule has 2 rings (SSSR count). The zero-order valence-corrected chi connectivity index (χ0v) is 12.0. The smallest absolute Gasteiger partial charge is 0.326 e. The fourth-order valence-electron chi connectivity index (χ4n) is 2.66. The lowest BCUT2D eigenvalue weighted by molar-refractivity contribution is -0.154. The largest absolute Gasteiger partial charge is 0.508 e. The molecule has 2 unspecified atom stereocenters. The van der Waals surface area contributed by atoms with Crippen LogP contribution in [0.5, 0.6) is 11.5 Å². The molecule has 0 spiro atoms. The molecular weight excluding hydrogens is 290 g/mol. The summed E-state index contributed by atoms with van der Waals surface area (Å²) < 4.78 is 0. The third kappa shape index (κ3) is 2.88. The van der Waals surface area contributed by atoms with E-state index in [-0.39, 0.29) is 30.8 Å². The zero-order valence-electron chi connectivity index (χ0n) is 12.0. The molecule has 22 heavy (non-hydrogen) atoms. The number of aliphatic carboxylic acids is 1. The predicted octanol–water partition coefficient (Wildman–Crippen LogP) is 0.879. The maximum Gasteiger partial charge on any atom is 0.326 e. The number of carbonyl (C=O) groups excluding carboxylic acids is 2. The van der Waals surface area contributed by atoms with Gasteiger partial charge in [-0.2, -0.15) is 0 Å². The van der Waals surface area contributed by atoms with Crippen LogP contribution in [-0.4, -0.2) is 44.0 Å². The highest BCUT2D eigenvalue weighted by Crippen LogP contribution is 2.30. The third-order valence-electron chi connectivity index (χ3n) is 3.80. The van der Waals surface area contributed by atoms with Crippen molar-refractivity contribution in [2.45, 2.75) is 32.2 Å². The van der Waals surface area contributed by atoms with Gasteiger partial charge in [0.15, 0.2) is 0 Å². The molecule has 0 aliphatic carbocycles. The van der Waals surface area contributed by atoms with Gasteiger partial charge in [-0.05, 0) is 24.5 Å². The first-order valence-electron chi connectivity index (χ1n) is 6.94. The average Bonchev–Trinajstić information content (AvgIpc) is 2.70. The lowest BCUT2D eigenvalue weighted by Crippen LogP contribution is -2.44. The molecule has 0 saturated carbocycles. The standard InChI is InChI=1S/C15H17NO6/c1-2-11(15(21)22)16-13(19)6-9(14(16)20)5-8-3-4-10(17)7-12(8)18/h3-4,7,9,11,17-18H,2,5-6H2,1H3,(H,21,22). The number of phenolic OH excluding ortho intramolecular Hbond substituents is 2. The van der Waals surface area contributed by atoms with Gasteiger partial charge in [-0.25, -0.2) is 4.79 Å². The molecule has 2 amide bonds. The van der Waals surface area contributed by atoms with E-state index in [1.54, 1.807) is 6.92 Å². The number of carboxylic acid groups (broad SMARTS) is 1. The van der Waals surface area contributed by atoms with Crippen LogP contribution in [-0.2, 0) is 20.8 Å². The van der Waals surface area contributed by atoms with E-state index in [1.165, 1.54) is 12.1 Å². The molecule has 0 bridgehead atoms. The second-order valence-corrected chi connectivity index (χ2v) is 5.28. The Morgan fingerprint density at radius 3 is 2.59 bits per heavy atom. The molecule has 7 heteroatoms. The minimum absolute atomic E-state index is 0.0804. The fraction of sp³-hybridized carbons (Fsp3) is 0.400. The lowest BCUT2D eigenvalue weighted by atomic mass is 9.97. The number of amides is 2. The van der Waals surface area contributed by atoms with E-state index in [1.807, 2.05) is 0 Å². The number of hydrogen-bond donors (Lipinski definition) is 3. The van der Waals surface area contributed by atoms with Crippen molar-refractivity contribution >= 4 is 17.8 Å². The van der Waals surface area contributed by atoms with Crippen molar-refractivity contribution in [2.24, 2.45) is 5.92 Å². The maximum atomic E-state index is 12.3. The Balaban J connectivity index is 2.19. The number of carboxylic acids is 1. The van der Waals surface area contributed by atoms with E-state index in [0.717, 1.165) is 11.0 Å². The van der Waals surface area contributed by atoms with Gasteiger partial charge >= 0.3 is 5.97 Å². The molecule has 2 atom stereocenters. The molecule has 1 aliphatic heterocycles. The monoisotopic (exact) mass is 307 g/mol. The SMILES string of the molecule is CCC(C(=O)O)N1C(=O)CC(Cc2ccc(O)cc2O)C1=O. The molecule has 1 saturated heterocycles. The molecule has 1 aliphatic rings. The number of carbonyl (C=O) groups is 3. The first-order chi connectivity index (χ1) is 10.3. The van der Waals surface area contributed by atoms with E-state index in [0.29, 0.717) is 5.56 Å². The van der Waals surface area contributed by atoms with Gasteiger partial charge in [-0.3, -0.25) is 14.5 Å². The molecule has 1 aromatic rings. The first kappa shape index (κ1) is 15.8. The van der Waals surface area contributed by atoms with Gasteiger partial charge in [0, 0.05) is 12.5 Å². The van der Waals surface area contributed by atoms with Gasteiger partial charge in [0.1, 0.15) is 17.5 Å². The van der Waals surface area contributed by atoms with Crippen LogP contribution in [0.3, 0.4) is 0 Å². The average molecular weight is 307 g/mol. The normalized spacial score (nSPS) is 19.5. The summed E-state index contributed by atoms with van der Waals surface area (Å²) in [5.41, 5.74) is 0.425. The van der Waals surface area contributed by atoms with Gasteiger partial charge in [0.05, 0.1) is 5.92 Å². The fourth-order valence-corrected chi connectivity index (χ4v) is 2.66. The van der Waals surface area contributed by atoms with Crippen molar-refractivity contribution in [3.8, 4) is 11.5 Å². The number of rotatable bonds is 5. The van der Waals surface area contributed by atoms with Crippen molar-refractivity contribution < 1.29 is 29.7 Å². The van der Waals surface area contributed by atoms with Crippen LogP contribution in [0, 0.1) is 5.92 Å². The number of hydrogen-bond acceptors (Lipinski definition) is 5. The van der Waals surface area contributed by atoms with Crippen LogP contribution < -0.4 is 0 Å². The van der Waals surface area contributed by atoms with E-state index >= 15 is 0 Å². The van der Waals surface area contributed by atoms with Crippen LogP contribution >= 0.6 is 0 Å². The Labute approximate surface area is 126 Å². The van der Waals surface area contributed by atoms with Crippen molar-refractivity contribution in [3.63, 3.8) is 0 Å². The zero-order chi connectivity index (χ0) is 16.4. The number of aromatic hydroxyl groups is 2. The second kappa shape index (κ2) is 6.05. The Hall–Kier alpha value is -2.57. The van der Waals surface area contributed by atoms with Crippen LogP contribution in [0.2, 0.25) is 0 Å². The molecule has 1 heterocycles. The molecule has 0 radical (unpaired) electrons. The van der Waals surface area contributed by atoms with Crippen LogP contribution in [0.1, 0.15) is 25.3 Å². The number of nitrogens with zero attached hydrogens (tertiary/aromatic N) is 1. The minimum Gasteiger partial charge on any atom is -0.508 e. The number of benzene rings is 1. The first-order valence-corrected chi connectivity index (χ1v) is 6.94. The summed E-state index contributed by atoms with van der Waals surface area (Å²) in [6.07, 6.45) is 0.177. The highest BCUT2D eigenvalue weighted by molar-refractivity contribution is 6.06. The van der Waals surface area contributed by atoms with Gasteiger partial charge in [0.25, 0.3) is 0 Å². The highest BCUT2D eigenvalue weighted by atomic mass is 16.4. The molecular formula is C15H17NO6. The molecule has 7 nitrogen and oxygen atoms in total. The van der Waals surface area contributed by atoms with Crippen molar-refractivity contribution in [2.75, 3.05) is 0 Å². The maximum absolute atomic E-state index is 12.3. The van der Waals surface area contributed by atoms with Crippen LogP contribution in [0.25, 0.3) is 0 Å². The number of phenols is 2. The number of likely N-dealkylation sites (tertiary alicyclic amines) is 1. The quantitative estimate of drug-likeness (QED) is 0.696. The summed E-state index contributed by atoms with van der Waals surface area (Å²) in [4.78, 5) is 36.2. The van der Waals surface area contributed by atoms with Crippen LogP contribution in [0.4, 0.5) is 0 Å². The molecule has 1 aromatic carbocycles. The molecule has 3 N–H and O–H groups in total. The van der Waals surface area contributed by atoms with Gasteiger partial charge in [-0.15, -0.1) is 0 Å². The van der Waals surface area contributed by atoms with Gasteiger partial charge in [0.2, 0.25) is 11.8 Å². The molecule has 1 fully saturated rings. The Morgan fingerprint density at radius 1 is 1.36 bits per heavy atom. The van der Waals surface area contributed by atoms with Gasteiger partial charge in [-0.1, -0.05) is 13.0 Å². The third-order valence-corrected chi connectivity index (χ3v) is 3.80. The van der Waals surface area contributed by atoms with Crippen molar-refractivity contribution in [3.05, 3.63) is 23.8 Å². The Kier molecular flexibility index (Phi) is 4.35. The van der Waals surface area contributed by atoms with Crippen LogP contribution in [0.15, 0.2) is 18.2 Å². The summed E-state index contributed by atoms with van der Waals surface area (Å²) in [7, 11) is 0. The van der Waals surface area contributed by atoms with Gasteiger partial charge < -0.3 is 15.3 Å². The molecule has 0 aromatic heterocycles. The summed E-state index contributed by atoms with van der Waals surface area (Å²) in [6.45, 7) is 1.60. The summed E-state index contributed by atoms with van der Waals surface area (Å²) >= 11 is 0. The van der Waals surface area contributed by atoms with E-state index < -0.39 is 29.7 Å². The summed E-state index contributed by atoms with van der Waals surface area (Å²) in [5.74, 6) is -3.22. The Bertz CT molecular complexity index is 626. The minimum atomic E-state index is -1.21. The molecule has 118 valence electrons. The van der Waals surface area contributed by atoms with Crippen molar-refractivity contribution in [1.82, 2.24) is 4.90 Å². The van der Waals surface area contributed by atoms with E-state index in [2.05, 4.69) is 0 Å². The second-order valence-electron chi connectivity index (χ2n) is 5.28. The predicted molar refractivity (Wildman–Crippen MR) is 75.2 cm³/mol. The van der Waals surface area contributed by atoms with E-state index in [9.17, 15) is 24.6 Å². The number of imide groups is 1. The van der Waals surface area contributed by atoms with Crippen molar-refractivity contribution in [1.29, 1.82) is 0 Å². The topological polar surface area (TPSA) is 115 Å². The Morgan fingerprint density at radius 2 is 2.05 bits per heavy atom. The lowest BCUT2D eigenvalue weighted by Gasteiger charge is -2.21. The summed E-state index contributed by atoms with van der Waals surface area (Å²) in [6, 6.07) is 2.85. The summed E-state index contributed by atoms with van der Waals surface area (Å²) in [5, 5.41) is 28.1. The van der Waals surface area contributed by atoms with E-state index in [4.69, 9.17) is 5.11 Å². The highest BCUT2D eigenvalue weighted by Gasteiger charge is 2.44.